The number of esters is 1. The molecule has 7 nitrogen and oxygen atoms in total. The summed E-state index contributed by atoms with van der Waals surface area (Å²) in [6.07, 6.45) is 0.237. The highest BCUT2D eigenvalue weighted by Gasteiger charge is 2.24. The van der Waals surface area contributed by atoms with Gasteiger partial charge in [-0.1, -0.05) is 55.3 Å². The van der Waals surface area contributed by atoms with Gasteiger partial charge in [-0.25, -0.2) is 14.4 Å². The molecule has 1 heterocycles. The molecular weight excluding hydrogens is 434 g/mol. The summed E-state index contributed by atoms with van der Waals surface area (Å²) in [5.74, 6) is -0.660. The molecule has 0 unspecified atom stereocenters. The van der Waals surface area contributed by atoms with E-state index in [-0.39, 0.29) is 23.0 Å². The van der Waals surface area contributed by atoms with Crippen LogP contribution in [-0.2, 0) is 16.1 Å². The van der Waals surface area contributed by atoms with Crippen molar-refractivity contribution in [3.63, 3.8) is 0 Å². The number of fused-ring (bicyclic) bond motifs is 1. The maximum atomic E-state index is 12.7. The third kappa shape index (κ3) is 5.48. The molecule has 0 saturated heterocycles. The van der Waals surface area contributed by atoms with Crippen molar-refractivity contribution in [3.05, 3.63) is 74.6 Å². The molecule has 0 bridgehead atoms. The number of nitrogens with one attached hydrogen (secondary N) is 1. The van der Waals surface area contributed by atoms with Crippen molar-refractivity contribution in [3.8, 4) is 5.75 Å². The van der Waals surface area contributed by atoms with E-state index in [1.165, 1.54) is 6.07 Å². The van der Waals surface area contributed by atoms with Crippen molar-refractivity contribution in [2.75, 3.05) is 0 Å². The Bertz CT molecular complexity index is 1190. The Kier molecular flexibility index (Phi) is 7.53. The van der Waals surface area contributed by atoms with E-state index in [1.54, 1.807) is 19.9 Å². The predicted octanol–water partition coefficient (Wildman–Crippen LogP) is 5.06. The van der Waals surface area contributed by atoms with E-state index in [9.17, 15) is 14.4 Å². The van der Waals surface area contributed by atoms with Gasteiger partial charge in [0.25, 0.3) is 0 Å². The van der Waals surface area contributed by atoms with Crippen LogP contribution < -0.4 is 15.7 Å². The number of carbonyl (C=O) groups is 2. The van der Waals surface area contributed by atoms with E-state index in [1.807, 2.05) is 37.3 Å². The van der Waals surface area contributed by atoms with Crippen LogP contribution in [0.2, 0.25) is 5.02 Å². The van der Waals surface area contributed by atoms with Gasteiger partial charge in [0.2, 0.25) is 0 Å². The molecule has 1 aromatic heterocycles. The van der Waals surface area contributed by atoms with Crippen LogP contribution in [0.4, 0.5) is 4.79 Å². The number of benzene rings is 2. The third-order valence-electron chi connectivity index (χ3n) is 5.09. The van der Waals surface area contributed by atoms with Gasteiger partial charge in [-0.15, -0.1) is 0 Å². The first-order chi connectivity index (χ1) is 15.3. The molecule has 0 aliphatic heterocycles. The van der Waals surface area contributed by atoms with Gasteiger partial charge in [-0.05, 0) is 37.5 Å². The molecule has 3 rings (SSSR count). The van der Waals surface area contributed by atoms with Crippen LogP contribution in [0.15, 0.2) is 51.7 Å². The Hall–Kier alpha value is -3.32. The van der Waals surface area contributed by atoms with E-state index in [2.05, 4.69) is 5.32 Å². The van der Waals surface area contributed by atoms with Crippen molar-refractivity contribution < 1.29 is 23.5 Å². The molecule has 168 valence electrons. The van der Waals surface area contributed by atoms with Gasteiger partial charge in [-0.3, -0.25) is 0 Å². The Labute approximate surface area is 190 Å². The Morgan fingerprint density at radius 1 is 1.12 bits per heavy atom. The summed E-state index contributed by atoms with van der Waals surface area (Å²) < 4.78 is 15.9. The lowest BCUT2D eigenvalue weighted by molar-refractivity contribution is -0.136. The lowest BCUT2D eigenvalue weighted by Gasteiger charge is -2.17. The molecule has 0 aliphatic carbocycles. The van der Waals surface area contributed by atoms with E-state index >= 15 is 0 Å². The number of halogens is 1. The number of aryl methyl sites for hydroxylation is 1. The highest BCUT2D eigenvalue weighted by atomic mass is 35.5. The van der Waals surface area contributed by atoms with Crippen LogP contribution in [0.5, 0.6) is 5.75 Å². The highest BCUT2D eigenvalue weighted by Crippen LogP contribution is 2.32. The molecule has 1 amide bonds. The summed E-state index contributed by atoms with van der Waals surface area (Å²) in [6.45, 7) is 5.41. The summed E-state index contributed by atoms with van der Waals surface area (Å²) in [4.78, 5) is 36.9. The fourth-order valence-electron chi connectivity index (χ4n) is 3.15. The van der Waals surface area contributed by atoms with Crippen LogP contribution >= 0.6 is 11.6 Å². The second-order valence-corrected chi connectivity index (χ2v) is 7.79. The van der Waals surface area contributed by atoms with Gasteiger partial charge in [0, 0.05) is 17.0 Å². The fourth-order valence-corrected chi connectivity index (χ4v) is 3.35. The lowest BCUT2D eigenvalue weighted by Crippen LogP contribution is -2.43. The van der Waals surface area contributed by atoms with Crippen LogP contribution in [-0.4, -0.2) is 18.1 Å². The van der Waals surface area contributed by atoms with Gasteiger partial charge in [0.1, 0.15) is 18.2 Å². The van der Waals surface area contributed by atoms with Crippen molar-refractivity contribution in [2.24, 2.45) is 0 Å². The minimum Gasteiger partial charge on any atom is -0.445 e. The summed E-state index contributed by atoms with van der Waals surface area (Å²) in [5, 5.41) is 3.38. The zero-order valence-corrected chi connectivity index (χ0v) is 18.8. The summed E-state index contributed by atoms with van der Waals surface area (Å²) in [6, 6.07) is 11.3. The second kappa shape index (κ2) is 10.3. The minimum atomic E-state index is -0.929. The number of alkyl carbamates (subject to hydrolysis) is 1. The number of carbonyl (C=O) groups excluding carboxylic acids is 2. The lowest BCUT2D eigenvalue weighted by atomic mass is 10.1. The number of hydrogen-bond acceptors (Lipinski definition) is 6. The topological polar surface area (TPSA) is 94.8 Å². The molecule has 3 aromatic rings. The van der Waals surface area contributed by atoms with Crippen LogP contribution in [0.3, 0.4) is 0 Å². The summed E-state index contributed by atoms with van der Waals surface area (Å²) >= 11 is 6.31. The van der Waals surface area contributed by atoms with Crippen LogP contribution in [0, 0.1) is 13.8 Å². The van der Waals surface area contributed by atoms with Gasteiger partial charge in [0.05, 0.1) is 5.02 Å². The molecule has 0 radical (unpaired) electrons. The van der Waals surface area contributed by atoms with Crippen LogP contribution in [0.25, 0.3) is 11.0 Å². The first kappa shape index (κ1) is 23.3. The van der Waals surface area contributed by atoms with Crippen molar-refractivity contribution in [2.45, 2.75) is 46.3 Å². The minimum absolute atomic E-state index is 0.0381. The van der Waals surface area contributed by atoms with Crippen molar-refractivity contribution >= 4 is 34.6 Å². The van der Waals surface area contributed by atoms with E-state index in [4.69, 9.17) is 25.5 Å². The predicted molar refractivity (Wildman–Crippen MR) is 121 cm³/mol. The zero-order valence-electron chi connectivity index (χ0n) is 18.1. The van der Waals surface area contributed by atoms with Crippen molar-refractivity contribution in [1.29, 1.82) is 0 Å². The quantitative estimate of drug-likeness (QED) is 0.302. The molecular formula is C24H24ClNO6. The molecule has 0 fully saturated rings. The molecule has 0 spiro atoms. The maximum Gasteiger partial charge on any atom is 0.408 e. The molecule has 0 saturated carbocycles. The number of ether oxygens (including phenoxy) is 2. The second-order valence-electron chi connectivity index (χ2n) is 7.39. The van der Waals surface area contributed by atoms with Gasteiger partial charge < -0.3 is 19.2 Å². The Morgan fingerprint density at radius 2 is 1.84 bits per heavy atom. The molecule has 0 aliphatic rings. The average molecular weight is 458 g/mol. The zero-order chi connectivity index (χ0) is 23.3. The maximum absolute atomic E-state index is 12.7. The van der Waals surface area contributed by atoms with Gasteiger partial charge in [0.15, 0.2) is 5.75 Å². The molecule has 2 aromatic carbocycles. The number of amides is 1. The number of rotatable bonds is 7. The first-order valence-electron chi connectivity index (χ1n) is 10.2. The molecule has 1 N–H and O–H groups in total. The Balaban J connectivity index is 1.73. The summed E-state index contributed by atoms with van der Waals surface area (Å²) in [5.41, 5.74) is 1.84. The Morgan fingerprint density at radius 3 is 2.53 bits per heavy atom. The normalized spacial score (nSPS) is 11.8. The molecule has 8 heteroatoms. The van der Waals surface area contributed by atoms with Crippen LogP contribution in [0.1, 0.15) is 36.5 Å². The number of hydrogen-bond donors (Lipinski definition) is 1. The van der Waals surface area contributed by atoms with Crippen molar-refractivity contribution in [1.82, 2.24) is 5.32 Å². The SMILES string of the molecule is CCC[C@@H](NC(=O)OCc1ccccc1)C(=O)Oc1cc2oc(=O)c(C)c(C)c2cc1Cl. The molecule has 1 atom stereocenters. The smallest absolute Gasteiger partial charge is 0.408 e. The van der Waals surface area contributed by atoms with E-state index < -0.39 is 23.7 Å². The monoisotopic (exact) mass is 457 g/mol. The third-order valence-corrected chi connectivity index (χ3v) is 5.38. The van der Waals surface area contributed by atoms with E-state index in [0.29, 0.717) is 23.8 Å². The van der Waals surface area contributed by atoms with Gasteiger partial charge >= 0.3 is 17.7 Å². The standard InChI is InChI=1S/C24H24ClNO6/c1-4-8-19(26-24(29)30-13-16-9-6-5-7-10-16)23(28)32-21-12-20-17(11-18(21)25)14(2)15(3)22(27)31-20/h5-7,9-12,19H,4,8,13H2,1-3H3,(H,26,29)/t19-/m1/s1. The first-order valence-corrected chi connectivity index (χ1v) is 10.6. The summed E-state index contributed by atoms with van der Waals surface area (Å²) in [7, 11) is 0. The fraction of sp³-hybridized carbons (Fsp3) is 0.292. The van der Waals surface area contributed by atoms with E-state index in [0.717, 1.165) is 11.1 Å². The largest absolute Gasteiger partial charge is 0.445 e. The highest BCUT2D eigenvalue weighted by molar-refractivity contribution is 6.33. The average Bonchev–Trinajstić information content (AvgIpc) is 2.78. The molecule has 32 heavy (non-hydrogen) atoms. The van der Waals surface area contributed by atoms with Gasteiger partial charge in [-0.2, -0.15) is 0 Å².